The fourth-order valence-electron chi connectivity index (χ4n) is 1.95. The molecule has 0 fully saturated rings. The molecule has 0 aliphatic carbocycles. The van der Waals surface area contributed by atoms with Crippen molar-refractivity contribution in [3.8, 4) is 0 Å². The standard InChI is InChI=1S/C14H22N2O2/c1-4-14(10-15,13(17)18-5-2)9-12-11(3)7-6-8-16-12/h6-8H,4-5,9-10,15H2,1-3H3. The number of rotatable bonds is 6. The van der Waals surface area contributed by atoms with Gasteiger partial charge in [-0.3, -0.25) is 9.78 Å². The number of ether oxygens (including phenoxy) is 1. The molecule has 1 aromatic heterocycles. The number of aromatic nitrogens is 1. The third-order valence-electron chi connectivity index (χ3n) is 3.40. The van der Waals surface area contributed by atoms with Crippen molar-refractivity contribution >= 4 is 5.97 Å². The summed E-state index contributed by atoms with van der Waals surface area (Å²) in [7, 11) is 0. The molecule has 100 valence electrons. The maximum absolute atomic E-state index is 12.1. The number of aryl methyl sites for hydroxylation is 1. The number of carbonyl (C=O) groups excluding carboxylic acids is 1. The molecule has 1 unspecified atom stereocenters. The van der Waals surface area contributed by atoms with E-state index < -0.39 is 5.41 Å². The van der Waals surface area contributed by atoms with Crippen LogP contribution in [0.15, 0.2) is 18.3 Å². The SMILES string of the molecule is CCOC(=O)C(CC)(CN)Cc1ncccc1C. The van der Waals surface area contributed by atoms with E-state index in [1.54, 1.807) is 13.1 Å². The van der Waals surface area contributed by atoms with E-state index in [0.717, 1.165) is 11.3 Å². The first kappa shape index (κ1) is 14.6. The van der Waals surface area contributed by atoms with Gasteiger partial charge in [0.15, 0.2) is 0 Å². The second-order valence-corrected chi connectivity index (χ2v) is 4.50. The summed E-state index contributed by atoms with van der Waals surface area (Å²) in [6, 6.07) is 3.88. The maximum Gasteiger partial charge on any atom is 0.313 e. The molecule has 0 aromatic carbocycles. The first-order chi connectivity index (χ1) is 8.59. The van der Waals surface area contributed by atoms with E-state index in [2.05, 4.69) is 4.98 Å². The zero-order valence-corrected chi connectivity index (χ0v) is 11.4. The van der Waals surface area contributed by atoms with Crippen molar-refractivity contribution in [2.45, 2.75) is 33.6 Å². The third-order valence-corrected chi connectivity index (χ3v) is 3.40. The van der Waals surface area contributed by atoms with Crippen LogP contribution in [0, 0.1) is 12.3 Å². The van der Waals surface area contributed by atoms with Crippen LogP contribution >= 0.6 is 0 Å². The molecule has 1 heterocycles. The summed E-state index contributed by atoms with van der Waals surface area (Å²) in [4.78, 5) is 16.5. The molecular weight excluding hydrogens is 228 g/mol. The lowest BCUT2D eigenvalue weighted by atomic mass is 9.80. The van der Waals surface area contributed by atoms with E-state index in [1.165, 1.54) is 0 Å². The summed E-state index contributed by atoms with van der Waals surface area (Å²) in [6.07, 6.45) is 2.92. The molecular formula is C14H22N2O2. The van der Waals surface area contributed by atoms with Gasteiger partial charge in [0.1, 0.15) is 0 Å². The van der Waals surface area contributed by atoms with E-state index in [1.807, 2.05) is 26.0 Å². The van der Waals surface area contributed by atoms with Crippen LogP contribution in [0.1, 0.15) is 31.5 Å². The van der Waals surface area contributed by atoms with Gasteiger partial charge in [0.05, 0.1) is 12.0 Å². The highest BCUT2D eigenvalue weighted by molar-refractivity contribution is 5.77. The van der Waals surface area contributed by atoms with Gasteiger partial charge >= 0.3 is 5.97 Å². The average Bonchev–Trinajstić information content (AvgIpc) is 2.38. The number of nitrogens with zero attached hydrogens (tertiary/aromatic N) is 1. The fourth-order valence-corrected chi connectivity index (χ4v) is 1.95. The quantitative estimate of drug-likeness (QED) is 0.782. The lowest BCUT2D eigenvalue weighted by Gasteiger charge is -2.28. The number of esters is 1. The zero-order chi connectivity index (χ0) is 13.6. The second-order valence-electron chi connectivity index (χ2n) is 4.50. The highest BCUT2D eigenvalue weighted by atomic mass is 16.5. The van der Waals surface area contributed by atoms with E-state index in [0.29, 0.717) is 19.4 Å². The van der Waals surface area contributed by atoms with Crippen molar-refractivity contribution in [3.63, 3.8) is 0 Å². The minimum atomic E-state index is -0.658. The first-order valence-electron chi connectivity index (χ1n) is 6.37. The van der Waals surface area contributed by atoms with Gasteiger partial charge in [0, 0.05) is 24.9 Å². The Hall–Kier alpha value is -1.42. The predicted molar refractivity (Wildman–Crippen MR) is 71.1 cm³/mol. The van der Waals surface area contributed by atoms with Crippen molar-refractivity contribution in [2.75, 3.05) is 13.2 Å². The molecule has 0 saturated carbocycles. The molecule has 0 radical (unpaired) electrons. The Labute approximate surface area is 109 Å². The monoisotopic (exact) mass is 250 g/mol. The molecule has 2 N–H and O–H groups in total. The molecule has 1 rings (SSSR count). The Morgan fingerprint density at radius 2 is 2.22 bits per heavy atom. The third kappa shape index (κ3) is 3.07. The highest BCUT2D eigenvalue weighted by Gasteiger charge is 2.37. The molecule has 0 spiro atoms. The minimum absolute atomic E-state index is 0.222. The Balaban J connectivity index is 2.99. The molecule has 4 heteroatoms. The van der Waals surface area contributed by atoms with Crippen molar-refractivity contribution < 1.29 is 9.53 Å². The molecule has 1 atom stereocenters. The van der Waals surface area contributed by atoms with Gasteiger partial charge in [-0.15, -0.1) is 0 Å². The number of nitrogens with two attached hydrogens (primary N) is 1. The fraction of sp³-hybridized carbons (Fsp3) is 0.571. The lowest BCUT2D eigenvalue weighted by Crippen LogP contribution is -2.41. The molecule has 18 heavy (non-hydrogen) atoms. The summed E-state index contributed by atoms with van der Waals surface area (Å²) in [6.45, 7) is 6.41. The van der Waals surface area contributed by atoms with Crippen LogP contribution in [0.5, 0.6) is 0 Å². The van der Waals surface area contributed by atoms with E-state index in [-0.39, 0.29) is 12.5 Å². The van der Waals surface area contributed by atoms with E-state index in [4.69, 9.17) is 10.5 Å². The summed E-state index contributed by atoms with van der Waals surface area (Å²) in [5, 5.41) is 0. The Morgan fingerprint density at radius 1 is 1.50 bits per heavy atom. The first-order valence-corrected chi connectivity index (χ1v) is 6.37. The van der Waals surface area contributed by atoms with Gasteiger partial charge in [0.2, 0.25) is 0 Å². The van der Waals surface area contributed by atoms with Crippen molar-refractivity contribution in [1.82, 2.24) is 4.98 Å². The lowest BCUT2D eigenvalue weighted by molar-refractivity contribution is -0.155. The Kier molecular flexibility index (Phi) is 5.28. The van der Waals surface area contributed by atoms with Crippen LogP contribution in [0.2, 0.25) is 0 Å². The normalized spacial score (nSPS) is 14.0. The smallest absolute Gasteiger partial charge is 0.313 e. The Bertz CT molecular complexity index is 401. The number of pyridine rings is 1. The largest absolute Gasteiger partial charge is 0.466 e. The predicted octanol–water partition coefficient (Wildman–Crippen LogP) is 1.85. The van der Waals surface area contributed by atoms with Gasteiger partial charge < -0.3 is 10.5 Å². The summed E-state index contributed by atoms with van der Waals surface area (Å²) < 4.78 is 5.15. The summed E-state index contributed by atoms with van der Waals surface area (Å²) in [5.41, 5.74) is 7.15. The topological polar surface area (TPSA) is 65.2 Å². The molecule has 4 nitrogen and oxygen atoms in total. The maximum atomic E-state index is 12.1. The summed E-state index contributed by atoms with van der Waals surface area (Å²) in [5.74, 6) is -0.222. The molecule has 1 aromatic rings. The van der Waals surface area contributed by atoms with Crippen molar-refractivity contribution in [1.29, 1.82) is 0 Å². The zero-order valence-electron chi connectivity index (χ0n) is 11.4. The Morgan fingerprint density at radius 3 is 2.72 bits per heavy atom. The van der Waals surface area contributed by atoms with Gasteiger partial charge in [-0.1, -0.05) is 13.0 Å². The average molecular weight is 250 g/mol. The van der Waals surface area contributed by atoms with Gasteiger partial charge in [0.25, 0.3) is 0 Å². The van der Waals surface area contributed by atoms with Crippen LogP contribution in [0.4, 0.5) is 0 Å². The van der Waals surface area contributed by atoms with Crippen LogP contribution in [-0.2, 0) is 16.0 Å². The number of hydrogen-bond acceptors (Lipinski definition) is 4. The number of hydrogen-bond donors (Lipinski definition) is 1. The number of carbonyl (C=O) groups is 1. The molecule has 0 aliphatic heterocycles. The van der Waals surface area contributed by atoms with Crippen LogP contribution < -0.4 is 5.73 Å². The van der Waals surface area contributed by atoms with Crippen LogP contribution in [0.3, 0.4) is 0 Å². The van der Waals surface area contributed by atoms with E-state index >= 15 is 0 Å². The summed E-state index contributed by atoms with van der Waals surface area (Å²) >= 11 is 0. The molecule has 0 saturated heterocycles. The highest BCUT2D eigenvalue weighted by Crippen LogP contribution is 2.28. The van der Waals surface area contributed by atoms with Crippen molar-refractivity contribution in [3.05, 3.63) is 29.6 Å². The van der Waals surface area contributed by atoms with E-state index in [9.17, 15) is 4.79 Å². The van der Waals surface area contributed by atoms with Crippen LogP contribution in [0.25, 0.3) is 0 Å². The minimum Gasteiger partial charge on any atom is -0.466 e. The van der Waals surface area contributed by atoms with Crippen LogP contribution in [-0.4, -0.2) is 24.1 Å². The van der Waals surface area contributed by atoms with Gasteiger partial charge in [-0.2, -0.15) is 0 Å². The molecule has 0 bridgehead atoms. The van der Waals surface area contributed by atoms with Gasteiger partial charge in [-0.05, 0) is 31.9 Å². The molecule has 0 aliphatic rings. The van der Waals surface area contributed by atoms with Gasteiger partial charge in [-0.25, -0.2) is 0 Å². The second kappa shape index (κ2) is 6.50. The van der Waals surface area contributed by atoms with Crippen molar-refractivity contribution in [2.24, 2.45) is 11.1 Å². The molecule has 0 amide bonds.